The van der Waals surface area contributed by atoms with E-state index in [0.29, 0.717) is 6.54 Å². The maximum Gasteiger partial charge on any atom is 0.128 e. The molecule has 0 saturated carbocycles. The summed E-state index contributed by atoms with van der Waals surface area (Å²) in [6, 6.07) is 1.89. The lowest BCUT2D eigenvalue weighted by atomic mass is 10.5. The van der Waals surface area contributed by atoms with Gasteiger partial charge in [0.1, 0.15) is 10.3 Å². The van der Waals surface area contributed by atoms with Gasteiger partial charge in [-0.1, -0.05) is 0 Å². The van der Waals surface area contributed by atoms with Crippen LogP contribution in [0.3, 0.4) is 0 Å². The fraction of sp³-hybridized carbons (Fsp3) is 0.286. The molecule has 0 unspecified atom stereocenters. The molecule has 2 aromatic heterocycles. The van der Waals surface area contributed by atoms with Crippen LogP contribution in [0.5, 0.6) is 0 Å². The smallest absolute Gasteiger partial charge is 0.128 e. The normalized spacial score (nSPS) is 10.6. The minimum atomic E-state index is 0.652. The van der Waals surface area contributed by atoms with Crippen LogP contribution in [0.15, 0.2) is 23.1 Å². The molecule has 0 bridgehead atoms. The van der Waals surface area contributed by atoms with Crippen LogP contribution in [-0.4, -0.2) is 24.8 Å². The Hall–Kier alpha value is -1.17. The van der Waals surface area contributed by atoms with Crippen molar-refractivity contribution in [1.29, 1.82) is 0 Å². The van der Waals surface area contributed by atoms with Crippen LogP contribution in [0, 0.1) is 0 Å². The molecule has 13 heavy (non-hydrogen) atoms. The Labute approximate surface area is 83.5 Å². The van der Waals surface area contributed by atoms with Crippen molar-refractivity contribution in [3.63, 3.8) is 0 Å². The van der Waals surface area contributed by atoms with Crippen molar-refractivity contribution in [2.75, 3.05) is 0 Å². The zero-order valence-corrected chi connectivity index (χ0v) is 8.64. The predicted octanol–water partition coefficient (Wildman–Crippen LogP) is 0.822. The van der Waals surface area contributed by atoms with Gasteiger partial charge >= 0.3 is 0 Å². The summed E-state index contributed by atoms with van der Waals surface area (Å²) in [6.45, 7) is 0.652. The van der Waals surface area contributed by atoms with Crippen LogP contribution in [0.25, 0.3) is 0 Å². The van der Waals surface area contributed by atoms with E-state index in [1.165, 1.54) is 4.80 Å². The lowest BCUT2D eigenvalue weighted by Gasteiger charge is -1.94. The molecule has 0 amide bonds. The molecule has 0 atom stereocenters. The molecule has 6 heteroatoms. The van der Waals surface area contributed by atoms with E-state index in [0.717, 1.165) is 10.3 Å². The average Bonchev–Trinajstić information content (AvgIpc) is 2.62. The molecule has 2 rings (SSSR count). The monoisotopic (exact) mass is 241 g/mol. The van der Waals surface area contributed by atoms with Crippen LogP contribution in [0.4, 0.5) is 0 Å². The van der Waals surface area contributed by atoms with Gasteiger partial charge in [0.2, 0.25) is 0 Å². The summed E-state index contributed by atoms with van der Waals surface area (Å²) in [5.74, 6) is 0. The fourth-order valence-corrected chi connectivity index (χ4v) is 1.37. The van der Waals surface area contributed by atoms with Gasteiger partial charge in [0, 0.05) is 13.2 Å². The summed E-state index contributed by atoms with van der Waals surface area (Å²) in [7, 11) is 1.79. The number of aromatic nitrogens is 5. The van der Waals surface area contributed by atoms with Gasteiger partial charge in [0.05, 0.1) is 12.7 Å². The van der Waals surface area contributed by atoms with Crippen molar-refractivity contribution in [3.8, 4) is 0 Å². The van der Waals surface area contributed by atoms with Gasteiger partial charge in [-0.25, -0.2) is 0 Å². The van der Waals surface area contributed by atoms with Gasteiger partial charge in [-0.2, -0.15) is 20.1 Å². The topological polar surface area (TPSA) is 48.5 Å². The first-order valence-corrected chi connectivity index (χ1v) is 4.57. The second-order valence-corrected chi connectivity index (χ2v) is 3.47. The van der Waals surface area contributed by atoms with Crippen molar-refractivity contribution >= 4 is 15.9 Å². The highest BCUT2D eigenvalue weighted by atomic mass is 79.9. The molecule has 0 aromatic carbocycles. The molecule has 0 N–H and O–H groups in total. The average molecular weight is 242 g/mol. The maximum absolute atomic E-state index is 4.17. The summed E-state index contributed by atoms with van der Waals surface area (Å²) < 4.78 is 2.63. The molecular weight excluding hydrogens is 234 g/mol. The molecule has 2 aromatic rings. The number of hydrogen-bond donors (Lipinski definition) is 0. The van der Waals surface area contributed by atoms with Gasteiger partial charge in [-0.05, 0) is 22.0 Å². The van der Waals surface area contributed by atoms with Gasteiger partial charge in [-0.3, -0.25) is 4.68 Å². The summed E-state index contributed by atoms with van der Waals surface area (Å²) in [6.07, 6.45) is 3.62. The van der Waals surface area contributed by atoms with E-state index in [9.17, 15) is 0 Å². The molecule has 0 aliphatic rings. The Balaban J connectivity index is 2.14. The van der Waals surface area contributed by atoms with Crippen LogP contribution in [0.1, 0.15) is 5.69 Å². The van der Waals surface area contributed by atoms with Crippen molar-refractivity contribution in [3.05, 3.63) is 28.8 Å². The molecule has 0 aliphatic heterocycles. The Morgan fingerprint density at radius 1 is 1.46 bits per heavy atom. The van der Waals surface area contributed by atoms with E-state index >= 15 is 0 Å². The van der Waals surface area contributed by atoms with Crippen molar-refractivity contribution in [1.82, 2.24) is 24.8 Å². The van der Waals surface area contributed by atoms with Crippen LogP contribution in [0.2, 0.25) is 0 Å². The van der Waals surface area contributed by atoms with E-state index in [1.54, 1.807) is 17.9 Å². The number of aryl methyl sites for hydroxylation is 1. The minimum absolute atomic E-state index is 0.652. The molecular formula is C7H8BrN5. The van der Waals surface area contributed by atoms with E-state index in [-0.39, 0.29) is 0 Å². The Morgan fingerprint density at radius 2 is 2.31 bits per heavy atom. The number of hydrogen-bond acceptors (Lipinski definition) is 3. The van der Waals surface area contributed by atoms with Crippen LogP contribution >= 0.6 is 15.9 Å². The van der Waals surface area contributed by atoms with E-state index in [2.05, 4.69) is 31.2 Å². The second kappa shape index (κ2) is 3.29. The van der Waals surface area contributed by atoms with Gasteiger partial charge in [0.15, 0.2) is 0 Å². The summed E-state index contributed by atoms with van der Waals surface area (Å²) in [5.41, 5.74) is 0.901. The van der Waals surface area contributed by atoms with E-state index in [1.807, 2.05) is 12.3 Å². The lowest BCUT2D eigenvalue weighted by Crippen LogP contribution is -2.01. The Kier molecular flexibility index (Phi) is 2.13. The van der Waals surface area contributed by atoms with Crippen molar-refractivity contribution in [2.24, 2.45) is 7.05 Å². The Bertz CT molecular complexity index is 366. The predicted molar refractivity (Wildman–Crippen MR) is 50.0 cm³/mol. The summed E-state index contributed by atoms with van der Waals surface area (Å²) >= 11 is 3.28. The largest absolute Gasteiger partial charge is 0.265 e. The zero-order valence-electron chi connectivity index (χ0n) is 7.05. The highest BCUT2D eigenvalue weighted by Gasteiger charge is 2.00. The minimum Gasteiger partial charge on any atom is -0.265 e. The molecule has 2 heterocycles. The molecule has 0 spiro atoms. The third-order valence-corrected chi connectivity index (χ3v) is 2.00. The molecule has 0 aliphatic carbocycles. The Morgan fingerprint density at radius 3 is 2.85 bits per heavy atom. The van der Waals surface area contributed by atoms with Crippen LogP contribution < -0.4 is 0 Å². The zero-order chi connectivity index (χ0) is 9.26. The first kappa shape index (κ1) is 8.43. The molecule has 0 saturated heterocycles. The summed E-state index contributed by atoms with van der Waals surface area (Å²) in [4.78, 5) is 1.54. The SMILES string of the molecule is Cn1ncc(Cn2ccc(Br)n2)n1. The fourth-order valence-electron chi connectivity index (χ4n) is 1.05. The number of halogens is 1. The molecule has 0 fully saturated rings. The number of nitrogens with zero attached hydrogens (tertiary/aromatic N) is 5. The van der Waals surface area contributed by atoms with Crippen molar-refractivity contribution < 1.29 is 0 Å². The molecule has 68 valence electrons. The van der Waals surface area contributed by atoms with E-state index < -0.39 is 0 Å². The third-order valence-electron chi connectivity index (χ3n) is 1.58. The first-order chi connectivity index (χ1) is 6.24. The van der Waals surface area contributed by atoms with Gasteiger partial charge in [0.25, 0.3) is 0 Å². The highest BCUT2D eigenvalue weighted by Crippen LogP contribution is 2.05. The van der Waals surface area contributed by atoms with Crippen molar-refractivity contribution in [2.45, 2.75) is 6.54 Å². The highest BCUT2D eigenvalue weighted by molar-refractivity contribution is 9.10. The molecule has 0 radical (unpaired) electrons. The number of rotatable bonds is 2. The van der Waals surface area contributed by atoms with Gasteiger partial charge < -0.3 is 0 Å². The van der Waals surface area contributed by atoms with Gasteiger partial charge in [-0.15, -0.1) is 0 Å². The second-order valence-electron chi connectivity index (χ2n) is 2.66. The maximum atomic E-state index is 4.17. The quantitative estimate of drug-likeness (QED) is 0.783. The third kappa shape index (κ3) is 1.95. The van der Waals surface area contributed by atoms with Crippen LogP contribution in [-0.2, 0) is 13.6 Å². The summed E-state index contributed by atoms with van der Waals surface area (Å²) in [5, 5.41) is 12.3. The first-order valence-electron chi connectivity index (χ1n) is 3.78. The standard InChI is InChI=1S/C7H8BrN5/c1-12-9-4-6(10-12)5-13-3-2-7(8)11-13/h2-4H,5H2,1H3. The van der Waals surface area contributed by atoms with E-state index in [4.69, 9.17) is 0 Å². The molecule has 5 nitrogen and oxygen atoms in total. The lowest BCUT2D eigenvalue weighted by molar-refractivity contribution is 0.619.